The van der Waals surface area contributed by atoms with Gasteiger partial charge in [0.25, 0.3) is 12.3 Å². The van der Waals surface area contributed by atoms with Gasteiger partial charge in [0.1, 0.15) is 12.3 Å². The Morgan fingerprint density at radius 1 is 1.24 bits per heavy atom. The lowest BCUT2D eigenvalue weighted by atomic mass is 10.1. The van der Waals surface area contributed by atoms with Crippen LogP contribution in [-0.4, -0.2) is 26.5 Å². The minimum atomic E-state index is -2.64. The number of benzene rings is 1. The second kappa shape index (κ2) is 5.54. The first-order chi connectivity index (χ1) is 12.0. The first-order valence-corrected chi connectivity index (χ1v) is 7.54. The number of ether oxygens (including phenoxy) is 2. The lowest BCUT2D eigenvalue weighted by Crippen LogP contribution is -2.40. The van der Waals surface area contributed by atoms with E-state index in [1.165, 1.54) is 13.1 Å². The molecule has 4 rings (SSSR count). The van der Waals surface area contributed by atoms with Gasteiger partial charge in [-0.15, -0.1) is 0 Å². The molecule has 1 atom stereocenters. The van der Waals surface area contributed by atoms with Gasteiger partial charge in [0.2, 0.25) is 11.4 Å². The van der Waals surface area contributed by atoms with Gasteiger partial charge < -0.3 is 14.0 Å². The molecule has 0 saturated carbocycles. The van der Waals surface area contributed by atoms with Crippen LogP contribution in [0.25, 0.3) is 11.6 Å². The zero-order valence-electron chi connectivity index (χ0n) is 13.4. The van der Waals surface area contributed by atoms with Crippen LogP contribution in [0.15, 0.2) is 34.9 Å². The molecular formula is C16H14F2N4O3. The highest BCUT2D eigenvalue weighted by molar-refractivity contribution is 5.48. The van der Waals surface area contributed by atoms with E-state index < -0.39 is 12.0 Å². The highest BCUT2D eigenvalue weighted by atomic mass is 19.3. The molecule has 0 fully saturated rings. The van der Waals surface area contributed by atoms with Gasteiger partial charge in [-0.05, 0) is 25.1 Å². The molecule has 0 saturated heterocycles. The smallest absolute Gasteiger partial charge is 0.280 e. The van der Waals surface area contributed by atoms with Crippen molar-refractivity contribution in [3.05, 3.63) is 41.9 Å². The Bertz CT molecular complexity index is 924. The molecule has 1 unspecified atom stereocenters. The number of nitrogens with zero attached hydrogens (tertiary/aromatic N) is 4. The zero-order valence-corrected chi connectivity index (χ0v) is 13.4. The number of rotatable bonds is 3. The molecule has 7 nitrogen and oxygen atoms in total. The van der Waals surface area contributed by atoms with Crippen LogP contribution in [0.3, 0.4) is 0 Å². The highest BCUT2D eigenvalue weighted by Gasteiger charge is 2.40. The first-order valence-electron chi connectivity index (χ1n) is 7.54. The van der Waals surface area contributed by atoms with E-state index in [-0.39, 0.29) is 29.7 Å². The minimum Gasteiger partial charge on any atom is -0.485 e. The van der Waals surface area contributed by atoms with Crippen LogP contribution >= 0.6 is 0 Å². The number of aromatic nitrogens is 4. The van der Waals surface area contributed by atoms with Crippen LogP contribution in [0.1, 0.15) is 24.9 Å². The Morgan fingerprint density at radius 2 is 2.00 bits per heavy atom. The van der Waals surface area contributed by atoms with E-state index in [0.717, 1.165) is 4.68 Å². The van der Waals surface area contributed by atoms with Gasteiger partial charge in [0.15, 0.2) is 17.2 Å². The summed E-state index contributed by atoms with van der Waals surface area (Å²) in [5, 5.41) is 7.90. The molecule has 2 aromatic heterocycles. The molecule has 0 N–H and O–H groups in total. The Labute approximate surface area is 141 Å². The predicted molar refractivity (Wildman–Crippen MR) is 81.4 cm³/mol. The predicted octanol–water partition coefficient (Wildman–Crippen LogP) is 3.09. The molecule has 25 heavy (non-hydrogen) atoms. The van der Waals surface area contributed by atoms with Crippen LogP contribution in [0, 0.1) is 0 Å². The van der Waals surface area contributed by atoms with Crippen molar-refractivity contribution in [2.45, 2.75) is 19.0 Å². The molecule has 3 aromatic rings. The number of para-hydroxylation sites is 2. The van der Waals surface area contributed by atoms with Crippen molar-refractivity contribution in [3.63, 3.8) is 0 Å². The number of halogens is 2. The SMILES string of the molecule is Cn1nc(-c2nc(C3(C)COc4ccccc4O3)no2)cc1C(F)F. The Balaban J connectivity index is 1.64. The Kier molecular flexibility index (Phi) is 3.45. The second-order valence-corrected chi connectivity index (χ2v) is 5.87. The molecule has 1 aromatic carbocycles. The van der Waals surface area contributed by atoms with Crippen LogP contribution < -0.4 is 9.47 Å². The Hall–Kier alpha value is -2.97. The van der Waals surface area contributed by atoms with Crippen molar-refractivity contribution in [1.82, 2.24) is 19.9 Å². The van der Waals surface area contributed by atoms with Gasteiger partial charge in [-0.1, -0.05) is 17.3 Å². The van der Waals surface area contributed by atoms with Crippen LogP contribution in [0.4, 0.5) is 8.78 Å². The number of hydrogen-bond acceptors (Lipinski definition) is 6. The highest BCUT2D eigenvalue weighted by Crippen LogP contribution is 2.38. The summed E-state index contributed by atoms with van der Waals surface area (Å²) in [6.45, 7) is 1.95. The first kappa shape index (κ1) is 15.6. The third-order valence-electron chi connectivity index (χ3n) is 3.95. The van der Waals surface area contributed by atoms with Gasteiger partial charge in [0, 0.05) is 7.05 Å². The summed E-state index contributed by atoms with van der Waals surface area (Å²) in [5.74, 6) is 1.50. The second-order valence-electron chi connectivity index (χ2n) is 5.87. The zero-order chi connectivity index (χ0) is 17.6. The van der Waals surface area contributed by atoms with Crippen LogP contribution in [0.2, 0.25) is 0 Å². The van der Waals surface area contributed by atoms with Crippen molar-refractivity contribution >= 4 is 0 Å². The fourth-order valence-electron chi connectivity index (χ4n) is 2.58. The van der Waals surface area contributed by atoms with Crippen molar-refractivity contribution in [2.24, 2.45) is 7.05 Å². The maximum absolute atomic E-state index is 12.9. The summed E-state index contributed by atoms with van der Waals surface area (Å²) in [7, 11) is 1.43. The fourth-order valence-corrected chi connectivity index (χ4v) is 2.58. The molecule has 0 bridgehead atoms. The average Bonchev–Trinajstić information content (AvgIpc) is 3.21. The normalized spacial score (nSPS) is 19.4. The van der Waals surface area contributed by atoms with Crippen molar-refractivity contribution < 1.29 is 22.8 Å². The average molecular weight is 348 g/mol. The van der Waals surface area contributed by atoms with E-state index in [2.05, 4.69) is 15.2 Å². The minimum absolute atomic E-state index is 0.0428. The Morgan fingerprint density at radius 3 is 2.72 bits per heavy atom. The van der Waals surface area contributed by atoms with Gasteiger partial charge in [-0.2, -0.15) is 10.1 Å². The molecule has 9 heteroatoms. The molecule has 130 valence electrons. The summed E-state index contributed by atoms with van der Waals surface area (Å²) in [6, 6.07) is 8.48. The van der Waals surface area contributed by atoms with E-state index in [0.29, 0.717) is 11.5 Å². The maximum atomic E-state index is 12.9. The summed E-state index contributed by atoms with van der Waals surface area (Å²) in [6.07, 6.45) is -2.64. The number of hydrogen-bond donors (Lipinski definition) is 0. The van der Waals surface area contributed by atoms with Gasteiger partial charge >= 0.3 is 0 Å². The topological polar surface area (TPSA) is 75.2 Å². The van der Waals surface area contributed by atoms with Crippen molar-refractivity contribution in [2.75, 3.05) is 6.61 Å². The number of aryl methyl sites for hydroxylation is 1. The van der Waals surface area contributed by atoms with E-state index in [4.69, 9.17) is 14.0 Å². The largest absolute Gasteiger partial charge is 0.485 e. The van der Waals surface area contributed by atoms with Crippen LogP contribution in [-0.2, 0) is 12.6 Å². The molecule has 1 aliphatic heterocycles. The maximum Gasteiger partial charge on any atom is 0.280 e. The van der Waals surface area contributed by atoms with Gasteiger partial charge in [0.05, 0.1) is 0 Å². The molecule has 1 aliphatic rings. The summed E-state index contributed by atoms with van der Waals surface area (Å²) >= 11 is 0. The monoisotopic (exact) mass is 348 g/mol. The van der Waals surface area contributed by atoms with E-state index in [9.17, 15) is 8.78 Å². The third kappa shape index (κ3) is 2.61. The quantitative estimate of drug-likeness (QED) is 0.724. The standard InChI is InChI=1S/C16H14F2N4O3/c1-16(8-23-11-5-3-4-6-12(11)24-16)15-19-14(25-21-15)9-7-10(13(17)18)22(2)20-9/h3-7,13H,8H2,1-2H3. The van der Waals surface area contributed by atoms with Gasteiger partial charge in [-0.3, -0.25) is 4.68 Å². The van der Waals surface area contributed by atoms with Crippen LogP contribution in [0.5, 0.6) is 11.5 Å². The molecular weight excluding hydrogens is 334 g/mol. The summed E-state index contributed by atoms with van der Waals surface area (Å²) in [5.41, 5.74) is -1.01. The molecule has 0 aliphatic carbocycles. The van der Waals surface area contributed by atoms with E-state index >= 15 is 0 Å². The fraction of sp³-hybridized carbons (Fsp3) is 0.312. The summed E-state index contributed by atoms with van der Waals surface area (Å²) in [4.78, 5) is 4.26. The third-order valence-corrected chi connectivity index (χ3v) is 3.95. The molecule has 0 amide bonds. The number of alkyl halides is 2. The number of fused-ring (bicyclic) bond motifs is 1. The molecule has 3 heterocycles. The lowest BCUT2D eigenvalue weighted by Gasteiger charge is -2.32. The van der Waals surface area contributed by atoms with Gasteiger partial charge in [-0.25, -0.2) is 8.78 Å². The molecule has 0 radical (unpaired) electrons. The summed E-state index contributed by atoms with van der Waals surface area (Å²) < 4.78 is 43.7. The van der Waals surface area contributed by atoms with Crippen molar-refractivity contribution in [1.29, 1.82) is 0 Å². The van der Waals surface area contributed by atoms with Crippen molar-refractivity contribution in [3.8, 4) is 23.1 Å². The lowest BCUT2D eigenvalue weighted by molar-refractivity contribution is -0.00588. The van der Waals surface area contributed by atoms with E-state index in [1.807, 2.05) is 12.1 Å². The van der Waals surface area contributed by atoms with E-state index in [1.54, 1.807) is 19.1 Å². The molecule has 0 spiro atoms.